The van der Waals surface area contributed by atoms with Crippen molar-refractivity contribution in [3.8, 4) is 0 Å². The molecule has 4 aliphatic carbocycles. The summed E-state index contributed by atoms with van der Waals surface area (Å²) in [7, 11) is -3.24. The summed E-state index contributed by atoms with van der Waals surface area (Å²) in [6, 6.07) is 0. The topological polar surface area (TPSA) is 18.5 Å². The Bertz CT molecular complexity index is 701. The normalized spacial score (nSPS) is 44.6. The Morgan fingerprint density at radius 3 is 2.31 bits per heavy atom. The third-order valence-electron chi connectivity index (χ3n) is 8.55. The Labute approximate surface area is 181 Å². The molecule has 7 atom stereocenters. The monoisotopic (exact) mass is 432 g/mol. The molecule has 4 heteroatoms. The van der Waals surface area contributed by atoms with E-state index >= 15 is 0 Å². The maximum Gasteiger partial charge on any atom is 0.241 e. The molecule has 164 valence electrons. The van der Waals surface area contributed by atoms with Crippen molar-refractivity contribution in [2.45, 2.75) is 97.8 Å². The first-order valence-corrected chi connectivity index (χ1v) is 18.9. The molecule has 2 fully saturated rings. The van der Waals surface area contributed by atoms with Gasteiger partial charge >= 0.3 is 0 Å². The highest BCUT2D eigenvalue weighted by atomic mass is 28.4. The average molecular weight is 433 g/mol. The van der Waals surface area contributed by atoms with Crippen LogP contribution >= 0.6 is 0 Å². The number of fused-ring (bicyclic) bond motifs is 5. The van der Waals surface area contributed by atoms with Gasteiger partial charge in [0.1, 0.15) is 0 Å². The van der Waals surface area contributed by atoms with Gasteiger partial charge in [0.05, 0.1) is 5.76 Å². The molecule has 7 unspecified atom stereocenters. The lowest BCUT2D eigenvalue weighted by Crippen LogP contribution is -2.59. The summed E-state index contributed by atoms with van der Waals surface area (Å²) in [4.78, 5) is 0. The summed E-state index contributed by atoms with van der Waals surface area (Å²) in [6.07, 6.45) is 15.5. The van der Waals surface area contributed by atoms with Crippen LogP contribution in [0.25, 0.3) is 0 Å². The van der Waals surface area contributed by atoms with Gasteiger partial charge in [0, 0.05) is 11.5 Å². The second kappa shape index (κ2) is 7.10. The van der Waals surface area contributed by atoms with E-state index in [1.807, 2.05) is 0 Å². The van der Waals surface area contributed by atoms with Crippen LogP contribution in [0.5, 0.6) is 0 Å². The van der Waals surface area contributed by atoms with E-state index in [2.05, 4.69) is 71.4 Å². The lowest BCUT2D eigenvalue weighted by molar-refractivity contribution is -0.146. The van der Waals surface area contributed by atoms with Gasteiger partial charge in [-0.25, -0.2) is 0 Å². The largest absolute Gasteiger partial charge is 0.547 e. The van der Waals surface area contributed by atoms with Crippen LogP contribution in [0.4, 0.5) is 0 Å². The van der Waals surface area contributed by atoms with Crippen molar-refractivity contribution in [3.05, 3.63) is 24.0 Å². The Hall–Kier alpha value is -0.326. The van der Waals surface area contributed by atoms with E-state index < -0.39 is 16.6 Å². The quantitative estimate of drug-likeness (QED) is 0.341. The highest BCUT2D eigenvalue weighted by molar-refractivity contribution is 6.70. The molecule has 0 aromatic carbocycles. The number of hydrogen-bond acceptors (Lipinski definition) is 2. The highest BCUT2D eigenvalue weighted by Crippen LogP contribution is 2.66. The van der Waals surface area contributed by atoms with Gasteiger partial charge in [0.25, 0.3) is 0 Å². The van der Waals surface area contributed by atoms with Gasteiger partial charge in [-0.1, -0.05) is 26.0 Å². The Kier molecular flexibility index (Phi) is 5.36. The van der Waals surface area contributed by atoms with Crippen molar-refractivity contribution in [3.63, 3.8) is 0 Å². The van der Waals surface area contributed by atoms with Gasteiger partial charge < -0.3 is 8.85 Å². The molecule has 0 aromatic rings. The molecule has 29 heavy (non-hydrogen) atoms. The first-order chi connectivity index (χ1) is 13.3. The van der Waals surface area contributed by atoms with Crippen LogP contribution in [-0.2, 0) is 8.85 Å². The van der Waals surface area contributed by atoms with Gasteiger partial charge in [-0.05, 0) is 113 Å². The molecule has 0 aliphatic heterocycles. The summed E-state index contributed by atoms with van der Waals surface area (Å²) in [6.45, 7) is 19.2. The molecule has 2 nitrogen and oxygen atoms in total. The van der Waals surface area contributed by atoms with Gasteiger partial charge in [0.15, 0.2) is 8.32 Å². The average Bonchev–Trinajstić information content (AvgIpc) is 2.87. The van der Waals surface area contributed by atoms with Crippen LogP contribution in [0.3, 0.4) is 0 Å². The van der Waals surface area contributed by atoms with E-state index in [1.54, 1.807) is 0 Å². The van der Waals surface area contributed by atoms with Crippen molar-refractivity contribution in [1.29, 1.82) is 0 Å². The molecule has 0 spiro atoms. The Balaban J connectivity index is 1.72. The number of allylic oxidation sites excluding steroid dienone is 4. The van der Waals surface area contributed by atoms with Crippen molar-refractivity contribution >= 4 is 16.6 Å². The van der Waals surface area contributed by atoms with Crippen molar-refractivity contribution in [2.24, 2.45) is 34.5 Å². The van der Waals surface area contributed by atoms with Crippen molar-refractivity contribution in [1.82, 2.24) is 0 Å². The van der Waals surface area contributed by atoms with E-state index in [0.29, 0.717) is 17.4 Å². The molecule has 0 saturated heterocycles. The molecule has 4 aliphatic rings. The van der Waals surface area contributed by atoms with E-state index in [9.17, 15) is 0 Å². The fourth-order valence-corrected chi connectivity index (χ4v) is 9.63. The zero-order chi connectivity index (χ0) is 21.2. The molecule has 0 heterocycles. The third-order valence-corrected chi connectivity index (χ3v) is 10.4. The van der Waals surface area contributed by atoms with E-state index in [-0.39, 0.29) is 5.41 Å². The van der Waals surface area contributed by atoms with E-state index in [0.717, 1.165) is 24.2 Å². The molecule has 0 radical (unpaired) electrons. The molecule has 4 rings (SSSR count). The Morgan fingerprint density at radius 2 is 1.66 bits per heavy atom. The molecular formula is C25H44O2Si2. The third kappa shape index (κ3) is 3.87. The second-order valence-electron chi connectivity index (χ2n) is 12.9. The fourth-order valence-electron chi connectivity index (χ4n) is 7.51. The number of rotatable bonds is 4. The second-order valence-corrected chi connectivity index (χ2v) is 21.8. The van der Waals surface area contributed by atoms with Crippen LogP contribution in [0.15, 0.2) is 24.0 Å². The highest BCUT2D eigenvalue weighted by Gasteiger charge is 2.62. The predicted molar refractivity (Wildman–Crippen MR) is 128 cm³/mol. The SMILES string of the molecule is CC12CC(O[Si](C)(C)C)C3C(CCC4CC=CCC43C)C1CC=C2O[Si](C)(C)C. The maximum atomic E-state index is 7.06. The lowest BCUT2D eigenvalue weighted by Gasteiger charge is -2.62. The van der Waals surface area contributed by atoms with Crippen molar-refractivity contribution in [2.75, 3.05) is 0 Å². The molecular weight excluding hydrogens is 388 g/mol. The van der Waals surface area contributed by atoms with E-state index in [1.165, 1.54) is 37.9 Å². The Morgan fingerprint density at radius 1 is 0.931 bits per heavy atom. The van der Waals surface area contributed by atoms with Gasteiger partial charge in [0.2, 0.25) is 8.32 Å². The molecule has 0 aromatic heterocycles. The minimum absolute atomic E-state index is 0.166. The van der Waals surface area contributed by atoms with Crippen LogP contribution in [0.1, 0.15) is 52.4 Å². The standard InChI is InChI=1S/C25H44O2Si2/c1-24-16-10-9-11-18(24)12-13-19-20-14-15-22(27-29(6,7)8)25(20,2)17-21(23(19)24)26-28(3,4)5/h9-10,15,18-21,23H,11-14,16-17H2,1-8H3. The first kappa shape index (κ1) is 21.9. The molecule has 0 amide bonds. The maximum absolute atomic E-state index is 7.06. The van der Waals surface area contributed by atoms with E-state index in [4.69, 9.17) is 8.85 Å². The predicted octanol–water partition coefficient (Wildman–Crippen LogP) is 7.37. The van der Waals surface area contributed by atoms with Gasteiger partial charge in [-0.3, -0.25) is 0 Å². The summed E-state index contributed by atoms with van der Waals surface area (Å²) in [5.41, 5.74) is 0.575. The van der Waals surface area contributed by atoms with Crippen LogP contribution in [0.2, 0.25) is 39.3 Å². The summed E-state index contributed by atoms with van der Waals surface area (Å²) < 4.78 is 13.8. The molecule has 0 N–H and O–H groups in total. The minimum Gasteiger partial charge on any atom is -0.547 e. The van der Waals surface area contributed by atoms with Gasteiger partial charge in [-0.2, -0.15) is 0 Å². The summed E-state index contributed by atoms with van der Waals surface area (Å²) in [5, 5.41) is 0. The summed E-state index contributed by atoms with van der Waals surface area (Å²) in [5.74, 6) is 4.39. The zero-order valence-corrected chi connectivity index (χ0v) is 22.2. The smallest absolute Gasteiger partial charge is 0.241 e. The van der Waals surface area contributed by atoms with Crippen LogP contribution in [0, 0.1) is 34.5 Å². The van der Waals surface area contributed by atoms with Crippen molar-refractivity contribution < 1.29 is 8.85 Å². The van der Waals surface area contributed by atoms with Crippen LogP contribution in [-0.4, -0.2) is 22.7 Å². The lowest BCUT2D eigenvalue weighted by atomic mass is 9.45. The summed E-state index contributed by atoms with van der Waals surface area (Å²) >= 11 is 0. The first-order valence-electron chi connectivity index (χ1n) is 12.1. The molecule has 2 saturated carbocycles. The van der Waals surface area contributed by atoms with Crippen LogP contribution < -0.4 is 0 Å². The number of hydrogen-bond donors (Lipinski definition) is 0. The zero-order valence-electron chi connectivity index (χ0n) is 20.2. The molecule has 0 bridgehead atoms. The minimum atomic E-state index is -1.63. The van der Waals surface area contributed by atoms with Gasteiger partial charge in [-0.15, -0.1) is 0 Å². The fraction of sp³-hybridized carbons (Fsp3) is 0.840.